The minimum Gasteiger partial charge on any atom is -0.481 e. The highest BCUT2D eigenvalue weighted by Crippen LogP contribution is 2.16. The van der Waals surface area contributed by atoms with Crippen molar-refractivity contribution in [2.75, 3.05) is 43.4 Å². The number of hydrogen-bond donors (Lipinski definition) is 7. The largest absolute Gasteiger partial charge is 0.481 e. The first-order chi connectivity index (χ1) is 27.2. The summed E-state index contributed by atoms with van der Waals surface area (Å²) >= 11 is 0. The van der Waals surface area contributed by atoms with E-state index in [4.69, 9.17) is 5.11 Å². The van der Waals surface area contributed by atoms with Gasteiger partial charge in [-0.15, -0.1) is 0 Å². The van der Waals surface area contributed by atoms with Crippen LogP contribution in [-0.2, 0) is 41.6 Å². The summed E-state index contributed by atoms with van der Waals surface area (Å²) in [6.07, 6.45) is -0.632. The molecule has 16 nitrogen and oxygen atoms in total. The van der Waals surface area contributed by atoms with E-state index in [1.165, 1.54) is 4.90 Å². The number of amides is 6. The van der Waals surface area contributed by atoms with Gasteiger partial charge in [0.15, 0.2) is 0 Å². The average molecular weight is 786 g/mol. The number of carboxylic acid groups (broad SMARTS) is 2. The fourth-order valence-corrected chi connectivity index (χ4v) is 6.35. The summed E-state index contributed by atoms with van der Waals surface area (Å²) in [7, 11) is 0. The topological polar surface area (TPSA) is 227 Å². The molecular weight excluding hydrogens is 734 g/mol. The van der Waals surface area contributed by atoms with E-state index in [9.17, 15) is 38.7 Å². The minimum absolute atomic E-state index is 0.0761. The summed E-state index contributed by atoms with van der Waals surface area (Å²) in [5, 5.41) is 32.3. The van der Waals surface area contributed by atoms with Crippen molar-refractivity contribution < 1.29 is 43.8 Å². The lowest BCUT2D eigenvalue weighted by molar-refractivity contribution is -0.142. The van der Waals surface area contributed by atoms with Gasteiger partial charge in [-0.1, -0.05) is 74.5 Å². The van der Waals surface area contributed by atoms with E-state index in [2.05, 4.69) is 26.6 Å². The molecule has 7 N–H and O–H groups in total. The summed E-state index contributed by atoms with van der Waals surface area (Å²) < 4.78 is 0. The number of benzene rings is 3. The molecule has 0 radical (unpaired) electrons. The first-order valence-electron chi connectivity index (χ1n) is 18.8. The molecule has 0 bridgehead atoms. The molecule has 1 fully saturated rings. The van der Waals surface area contributed by atoms with Crippen molar-refractivity contribution in [2.24, 2.45) is 5.92 Å². The number of anilines is 2. The zero-order valence-corrected chi connectivity index (χ0v) is 32.3. The van der Waals surface area contributed by atoms with E-state index in [1.807, 2.05) is 39.0 Å². The standard InChI is InChI=1S/C41H51N7O9/c1-26(2)21-32(43-35(49)23-29-13-15-30(16-14-29)42-41(57)46-31-12-8-7-9-27(31)3)38(54)44-33(24-36(50)51)39(55)45-34(22-28-10-5-4-6-11-28)40(56)48-19-17-47(18-20-48)25-37(52)53/h4-16,26,32-34H,17-25H2,1-3H3,(H,43,49)(H,44,54)(H,45,55)(H,50,51)(H,52,53)(H2,42,46,57)/t32?,33-,34?/m0/s1. The lowest BCUT2D eigenvalue weighted by Crippen LogP contribution is -2.59. The maximum Gasteiger partial charge on any atom is 0.323 e. The Morgan fingerprint density at radius 3 is 1.89 bits per heavy atom. The molecule has 0 saturated carbocycles. The Balaban J connectivity index is 1.40. The second-order valence-electron chi connectivity index (χ2n) is 14.4. The number of carboxylic acids is 2. The van der Waals surface area contributed by atoms with E-state index >= 15 is 0 Å². The second kappa shape index (κ2) is 21.1. The molecule has 0 spiro atoms. The van der Waals surface area contributed by atoms with Crippen LogP contribution in [0.4, 0.5) is 16.2 Å². The van der Waals surface area contributed by atoms with Crippen molar-refractivity contribution in [1.29, 1.82) is 0 Å². The van der Waals surface area contributed by atoms with Crippen LogP contribution in [0.2, 0.25) is 0 Å². The smallest absolute Gasteiger partial charge is 0.323 e. The average Bonchev–Trinajstić information content (AvgIpc) is 3.15. The van der Waals surface area contributed by atoms with Gasteiger partial charge in [-0.2, -0.15) is 0 Å². The van der Waals surface area contributed by atoms with Crippen LogP contribution in [0.5, 0.6) is 0 Å². The number of aryl methyl sites for hydroxylation is 1. The number of nitrogens with zero attached hydrogens (tertiary/aromatic N) is 2. The van der Waals surface area contributed by atoms with Gasteiger partial charge >= 0.3 is 18.0 Å². The molecule has 1 saturated heterocycles. The molecule has 3 aromatic carbocycles. The summed E-state index contributed by atoms with van der Waals surface area (Å²) in [5.41, 5.74) is 3.40. The predicted molar refractivity (Wildman–Crippen MR) is 212 cm³/mol. The molecule has 1 heterocycles. The lowest BCUT2D eigenvalue weighted by Gasteiger charge is -2.36. The van der Waals surface area contributed by atoms with Gasteiger partial charge in [0.25, 0.3) is 0 Å². The van der Waals surface area contributed by atoms with Crippen molar-refractivity contribution in [2.45, 2.75) is 64.6 Å². The normalized spacial score (nSPS) is 14.4. The molecule has 57 heavy (non-hydrogen) atoms. The van der Waals surface area contributed by atoms with Gasteiger partial charge in [0, 0.05) is 44.0 Å². The quantitative estimate of drug-likeness (QED) is 0.0998. The maximum absolute atomic E-state index is 13.8. The molecule has 0 aromatic heterocycles. The van der Waals surface area contributed by atoms with Gasteiger partial charge < -0.3 is 41.7 Å². The van der Waals surface area contributed by atoms with E-state index in [0.717, 1.165) is 11.1 Å². The molecule has 16 heteroatoms. The zero-order chi connectivity index (χ0) is 41.5. The Kier molecular flexibility index (Phi) is 16.1. The van der Waals surface area contributed by atoms with Crippen LogP contribution in [0.25, 0.3) is 0 Å². The number of carbonyl (C=O) groups excluding carboxylic acids is 5. The fourth-order valence-electron chi connectivity index (χ4n) is 6.35. The van der Waals surface area contributed by atoms with Crippen molar-refractivity contribution in [1.82, 2.24) is 25.8 Å². The first kappa shape index (κ1) is 43.4. The summed E-state index contributed by atoms with van der Waals surface area (Å²) in [4.78, 5) is 93.2. The van der Waals surface area contributed by atoms with Crippen molar-refractivity contribution in [3.63, 3.8) is 0 Å². The van der Waals surface area contributed by atoms with Crippen LogP contribution in [0.15, 0.2) is 78.9 Å². The molecular formula is C41H51N7O9. The summed E-state index contributed by atoms with van der Waals surface area (Å²) in [6.45, 7) is 6.50. The SMILES string of the molecule is Cc1ccccc1NC(=O)Nc1ccc(CC(=O)NC(CC(C)C)C(=O)N[C@@H](CC(=O)O)C(=O)NC(Cc2ccccc2)C(=O)N2CCN(CC(=O)O)CC2)cc1. The van der Waals surface area contributed by atoms with Crippen LogP contribution in [-0.4, -0.2) is 112 Å². The minimum atomic E-state index is -1.58. The Morgan fingerprint density at radius 1 is 0.667 bits per heavy atom. The van der Waals surface area contributed by atoms with Gasteiger partial charge in [0.2, 0.25) is 23.6 Å². The third-order valence-corrected chi connectivity index (χ3v) is 9.28. The molecule has 4 rings (SSSR count). The van der Waals surface area contributed by atoms with Gasteiger partial charge in [-0.3, -0.25) is 33.7 Å². The van der Waals surface area contributed by atoms with Crippen LogP contribution in [0.3, 0.4) is 0 Å². The molecule has 0 aliphatic carbocycles. The molecule has 2 unspecified atom stereocenters. The first-order valence-corrected chi connectivity index (χ1v) is 18.8. The third-order valence-electron chi connectivity index (χ3n) is 9.28. The van der Waals surface area contributed by atoms with Crippen molar-refractivity contribution in [3.8, 4) is 0 Å². The van der Waals surface area contributed by atoms with Gasteiger partial charge in [0.05, 0.1) is 19.4 Å². The number of carbonyl (C=O) groups is 7. The Hall–Kier alpha value is -6.29. The molecule has 3 aromatic rings. The van der Waals surface area contributed by atoms with Crippen LogP contribution < -0.4 is 26.6 Å². The van der Waals surface area contributed by atoms with E-state index in [-0.39, 0.29) is 44.8 Å². The Labute approximate surface area is 331 Å². The Morgan fingerprint density at radius 2 is 1.28 bits per heavy atom. The summed E-state index contributed by atoms with van der Waals surface area (Å²) in [6, 6.07) is 18.6. The number of rotatable bonds is 18. The molecule has 6 amide bonds. The van der Waals surface area contributed by atoms with E-state index in [1.54, 1.807) is 65.6 Å². The fraction of sp³-hybridized carbons (Fsp3) is 0.390. The molecule has 304 valence electrons. The number of nitrogens with one attached hydrogen (secondary N) is 5. The van der Waals surface area contributed by atoms with Gasteiger partial charge in [-0.25, -0.2) is 4.79 Å². The van der Waals surface area contributed by atoms with E-state index < -0.39 is 66.1 Å². The number of piperazine rings is 1. The second-order valence-corrected chi connectivity index (χ2v) is 14.4. The van der Waals surface area contributed by atoms with Crippen molar-refractivity contribution in [3.05, 3.63) is 95.6 Å². The molecule has 1 aliphatic rings. The highest BCUT2D eigenvalue weighted by molar-refractivity contribution is 6.00. The molecule has 1 aliphatic heterocycles. The van der Waals surface area contributed by atoms with Crippen LogP contribution >= 0.6 is 0 Å². The number of hydrogen-bond acceptors (Lipinski definition) is 8. The number of urea groups is 1. The zero-order valence-electron chi connectivity index (χ0n) is 32.3. The van der Waals surface area contributed by atoms with Crippen molar-refractivity contribution >= 4 is 53.0 Å². The number of para-hydroxylation sites is 1. The van der Waals surface area contributed by atoms with E-state index in [0.29, 0.717) is 30.0 Å². The van der Waals surface area contributed by atoms with Gasteiger partial charge in [0.1, 0.15) is 18.1 Å². The molecule has 3 atom stereocenters. The lowest BCUT2D eigenvalue weighted by atomic mass is 10.0. The highest BCUT2D eigenvalue weighted by atomic mass is 16.4. The number of aliphatic carboxylic acids is 2. The maximum atomic E-state index is 13.8. The van der Waals surface area contributed by atoms with Crippen LogP contribution in [0, 0.1) is 12.8 Å². The van der Waals surface area contributed by atoms with Crippen LogP contribution in [0.1, 0.15) is 43.4 Å². The Bertz CT molecular complexity index is 1880. The third kappa shape index (κ3) is 14.4. The van der Waals surface area contributed by atoms with Gasteiger partial charge in [-0.05, 0) is 54.2 Å². The summed E-state index contributed by atoms with van der Waals surface area (Å²) in [5.74, 6) is -5.00. The predicted octanol–water partition coefficient (Wildman–Crippen LogP) is 2.63. The highest BCUT2D eigenvalue weighted by Gasteiger charge is 2.34. The monoisotopic (exact) mass is 785 g/mol.